The fraction of sp³-hybridized carbons (Fsp3) is 0.143. The Balaban J connectivity index is 1.23. The summed E-state index contributed by atoms with van der Waals surface area (Å²) in [5.74, 6) is 0.439. The SMILES string of the molecule is O=C(c1csc(CSc2nnc(-c3ccccc3Cl)n2-c2ccccc2F)n1)N1CCc2ccccc2C1. The van der Waals surface area contributed by atoms with Crippen LogP contribution < -0.4 is 0 Å². The molecule has 1 aliphatic heterocycles. The van der Waals surface area contributed by atoms with Crippen molar-refractivity contribution in [3.63, 3.8) is 0 Å². The predicted molar refractivity (Wildman–Crippen MR) is 148 cm³/mol. The summed E-state index contributed by atoms with van der Waals surface area (Å²) in [7, 11) is 0. The molecule has 0 unspecified atom stereocenters. The third-order valence-electron chi connectivity index (χ3n) is 6.35. The third kappa shape index (κ3) is 4.84. The lowest BCUT2D eigenvalue weighted by Crippen LogP contribution is -2.36. The first-order valence-corrected chi connectivity index (χ1v) is 14.2. The number of benzene rings is 3. The van der Waals surface area contributed by atoms with Crippen molar-refractivity contribution in [3.8, 4) is 17.1 Å². The molecule has 0 atom stereocenters. The highest BCUT2D eigenvalue weighted by molar-refractivity contribution is 7.98. The molecule has 0 spiro atoms. The number of hydrogen-bond acceptors (Lipinski definition) is 6. The van der Waals surface area contributed by atoms with Gasteiger partial charge >= 0.3 is 0 Å². The number of halogens is 2. The number of para-hydroxylation sites is 1. The molecule has 6 nitrogen and oxygen atoms in total. The number of aromatic nitrogens is 4. The van der Waals surface area contributed by atoms with Gasteiger partial charge in [0, 0.05) is 24.0 Å². The Labute approximate surface area is 232 Å². The monoisotopic (exact) mass is 561 g/mol. The molecule has 0 saturated heterocycles. The van der Waals surface area contributed by atoms with Gasteiger partial charge in [0.25, 0.3) is 5.91 Å². The van der Waals surface area contributed by atoms with Crippen LogP contribution >= 0.6 is 34.7 Å². The molecule has 0 aliphatic carbocycles. The van der Waals surface area contributed by atoms with Crippen LogP contribution in [0.5, 0.6) is 0 Å². The Hall–Kier alpha value is -3.53. The second-order valence-corrected chi connectivity index (χ2v) is 11.0. The Morgan fingerprint density at radius 2 is 1.76 bits per heavy atom. The van der Waals surface area contributed by atoms with Crippen molar-refractivity contribution in [3.05, 3.63) is 111 Å². The summed E-state index contributed by atoms with van der Waals surface area (Å²) < 4.78 is 16.6. The van der Waals surface area contributed by atoms with Crippen LogP contribution in [0.3, 0.4) is 0 Å². The Morgan fingerprint density at radius 1 is 1.00 bits per heavy atom. The fourth-order valence-electron chi connectivity index (χ4n) is 4.46. The quantitative estimate of drug-likeness (QED) is 0.217. The number of fused-ring (bicyclic) bond motifs is 1. The van der Waals surface area contributed by atoms with E-state index in [9.17, 15) is 9.18 Å². The van der Waals surface area contributed by atoms with Gasteiger partial charge < -0.3 is 4.90 Å². The second kappa shape index (κ2) is 10.7. The molecule has 190 valence electrons. The summed E-state index contributed by atoms with van der Waals surface area (Å²) in [4.78, 5) is 19.6. The minimum absolute atomic E-state index is 0.0671. The van der Waals surface area contributed by atoms with E-state index in [-0.39, 0.29) is 5.91 Å². The van der Waals surface area contributed by atoms with Gasteiger partial charge in [0.15, 0.2) is 11.0 Å². The minimum atomic E-state index is -0.396. The van der Waals surface area contributed by atoms with Crippen LogP contribution in [0.15, 0.2) is 83.3 Å². The second-order valence-electron chi connectivity index (χ2n) is 8.73. The summed E-state index contributed by atoms with van der Waals surface area (Å²) in [6.07, 6.45) is 0.841. The Bertz CT molecular complexity index is 1640. The van der Waals surface area contributed by atoms with E-state index >= 15 is 0 Å². The van der Waals surface area contributed by atoms with Crippen LogP contribution in [0.4, 0.5) is 4.39 Å². The van der Waals surface area contributed by atoms with E-state index < -0.39 is 5.82 Å². The van der Waals surface area contributed by atoms with Gasteiger partial charge in [-0.05, 0) is 41.8 Å². The first kappa shape index (κ1) is 24.8. The molecule has 0 fully saturated rings. The van der Waals surface area contributed by atoms with Crippen LogP contribution in [0.1, 0.15) is 26.6 Å². The minimum Gasteiger partial charge on any atom is -0.333 e. The van der Waals surface area contributed by atoms with E-state index in [1.165, 1.54) is 40.3 Å². The summed E-state index contributed by atoms with van der Waals surface area (Å²) in [6.45, 7) is 1.27. The predicted octanol–water partition coefficient (Wildman–Crippen LogP) is 6.67. The van der Waals surface area contributed by atoms with Gasteiger partial charge in [-0.1, -0.05) is 71.9 Å². The van der Waals surface area contributed by atoms with E-state index in [4.69, 9.17) is 11.6 Å². The molecule has 10 heteroatoms. The van der Waals surface area contributed by atoms with Crippen molar-refractivity contribution in [1.82, 2.24) is 24.6 Å². The maximum absolute atomic E-state index is 14.9. The molecule has 5 aromatic rings. The molecule has 1 amide bonds. The lowest BCUT2D eigenvalue weighted by Gasteiger charge is -2.28. The summed E-state index contributed by atoms with van der Waals surface area (Å²) >= 11 is 9.24. The molecule has 0 N–H and O–H groups in total. The van der Waals surface area contributed by atoms with E-state index in [0.29, 0.717) is 51.8 Å². The van der Waals surface area contributed by atoms with Gasteiger partial charge in [0.1, 0.15) is 16.5 Å². The smallest absolute Gasteiger partial charge is 0.273 e. The maximum atomic E-state index is 14.9. The van der Waals surface area contributed by atoms with Crippen molar-refractivity contribution in [1.29, 1.82) is 0 Å². The number of nitrogens with zero attached hydrogens (tertiary/aromatic N) is 5. The summed E-state index contributed by atoms with van der Waals surface area (Å²) in [6, 6.07) is 22.0. The molecule has 0 bridgehead atoms. The van der Waals surface area contributed by atoms with Gasteiger partial charge in [0.05, 0.1) is 16.5 Å². The zero-order valence-electron chi connectivity index (χ0n) is 20.1. The van der Waals surface area contributed by atoms with Crippen LogP contribution in [0, 0.1) is 5.82 Å². The lowest BCUT2D eigenvalue weighted by atomic mass is 10.00. The van der Waals surface area contributed by atoms with Crippen LogP contribution in [-0.2, 0) is 18.7 Å². The van der Waals surface area contributed by atoms with Crippen molar-refractivity contribution in [2.45, 2.75) is 23.9 Å². The highest BCUT2D eigenvalue weighted by Gasteiger charge is 2.24. The number of rotatable bonds is 6. The molecular weight excluding hydrogens is 541 g/mol. The number of thioether (sulfide) groups is 1. The van der Waals surface area contributed by atoms with E-state index in [1.807, 2.05) is 35.2 Å². The largest absolute Gasteiger partial charge is 0.333 e. The van der Waals surface area contributed by atoms with Crippen molar-refractivity contribution < 1.29 is 9.18 Å². The van der Waals surface area contributed by atoms with Gasteiger partial charge in [0.2, 0.25) is 0 Å². The molecule has 3 heterocycles. The fourth-order valence-corrected chi connectivity index (χ4v) is 6.41. The van der Waals surface area contributed by atoms with E-state index in [2.05, 4.69) is 27.3 Å². The highest BCUT2D eigenvalue weighted by atomic mass is 35.5. The summed E-state index contributed by atoms with van der Waals surface area (Å²) in [5, 5.41) is 12.3. The van der Waals surface area contributed by atoms with Crippen molar-refractivity contribution >= 4 is 40.6 Å². The first-order valence-electron chi connectivity index (χ1n) is 12.0. The number of amides is 1. The van der Waals surface area contributed by atoms with E-state index in [1.54, 1.807) is 34.2 Å². The number of thiazole rings is 1. The third-order valence-corrected chi connectivity index (χ3v) is 8.66. The maximum Gasteiger partial charge on any atom is 0.273 e. The number of hydrogen-bond donors (Lipinski definition) is 0. The average molecular weight is 562 g/mol. The van der Waals surface area contributed by atoms with Gasteiger partial charge in [-0.25, -0.2) is 9.37 Å². The van der Waals surface area contributed by atoms with Crippen LogP contribution in [0.2, 0.25) is 5.02 Å². The Morgan fingerprint density at radius 3 is 2.61 bits per heavy atom. The molecule has 3 aromatic carbocycles. The zero-order chi connectivity index (χ0) is 26.1. The van der Waals surface area contributed by atoms with Crippen LogP contribution in [0.25, 0.3) is 17.1 Å². The van der Waals surface area contributed by atoms with Gasteiger partial charge in [-0.3, -0.25) is 9.36 Å². The molecule has 1 aliphatic rings. The number of carbonyl (C=O) groups is 1. The number of carbonyl (C=O) groups excluding carboxylic acids is 1. The zero-order valence-corrected chi connectivity index (χ0v) is 22.4. The van der Waals surface area contributed by atoms with Crippen molar-refractivity contribution in [2.75, 3.05) is 6.54 Å². The molecule has 2 aromatic heterocycles. The standard InChI is InChI=1S/C28H21ClFN5OS2/c29-21-10-4-3-9-20(21)26-32-33-28(35(26)24-12-6-5-11-22(24)30)38-17-25-31-23(16-37-25)27(36)34-14-13-18-7-1-2-8-19(18)15-34/h1-12,16H,13-15,17H2. The van der Waals surface area contributed by atoms with Crippen LogP contribution in [-0.4, -0.2) is 37.1 Å². The molecular formula is C28H21ClFN5OS2. The normalized spacial score (nSPS) is 12.9. The van der Waals surface area contributed by atoms with Gasteiger partial charge in [-0.15, -0.1) is 21.5 Å². The molecule has 0 radical (unpaired) electrons. The van der Waals surface area contributed by atoms with E-state index in [0.717, 1.165) is 11.4 Å². The average Bonchev–Trinajstić information content (AvgIpc) is 3.59. The Kier molecular flexibility index (Phi) is 6.97. The highest BCUT2D eigenvalue weighted by Crippen LogP contribution is 2.34. The van der Waals surface area contributed by atoms with Gasteiger partial charge in [-0.2, -0.15) is 0 Å². The topological polar surface area (TPSA) is 63.9 Å². The summed E-state index contributed by atoms with van der Waals surface area (Å²) in [5.41, 5.74) is 3.90. The molecule has 6 rings (SSSR count). The van der Waals surface area contributed by atoms with Crippen molar-refractivity contribution in [2.24, 2.45) is 0 Å². The first-order chi connectivity index (χ1) is 18.6. The molecule has 38 heavy (non-hydrogen) atoms. The lowest BCUT2D eigenvalue weighted by molar-refractivity contribution is 0.0729. The molecule has 0 saturated carbocycles.